The standard InChI is InChI=1S/C16H20N2OS/c1-3-19-11(2)16-18-15(10-20-16)13-4-5-14-9-17-7-6-12(14)8-13/h4-5,8,10-11,17H,3,6-7,9H2,1-2H3. The summed E-state index contributed by atoms with van der Waals surface area (Å²) in [6.45, 7) is 6.86. The van der Waals surface area contributed by atoms with Crippen molar-refractivity contribution in [3.63, 3.8) is 0 Å². The first-order valence-electron chi connectivity index (χ1n) is 7.18. The summed E-state index contributed by atoms with van der Waals surface area (Å²) in [6, 6.07) is 6.69. The maximum absolute atomic E-state index is 5.61. The molecule has 2 aromatic rings. The van der Waals surface area contributed by atoms with Gasteiger partial charge in [0.1, 0.15) is 11.1 Å². The lowest BCUT2D eigenvalue weighted by molar-refractivity contribution is 0.0762. The average molecular weight is 288 g/mol. The second-order valence-corrected chi connectivity index (χ2v) is 5.97. The van der Waals surface area contributed by atoms with E-state index in [0.717, 1.165) is 36.8 Å². The highest BCUT2D eigenvalue weighted by Gasteiger charge is 2.13. The first-order valence-corrected chi connectivity index (χ1v) is 8.06. The Kier molecular flexibility index (Phi) is 4.15. The molecule has 106 valence electrons. The van der Waals surface area contributed by atoms with Gasteiger partial charge in [-0.3, -0.25) is 0 Å². The largest absolute Gasteiger partial charge is 0.372 e. The molecule has 1 aromatic carbocycles. The molecule has 1 aliphatic rings. The fraction of sp³-hybridized carbons (Fsp3) is 0.438. The minimum Gasteiger partial charge on any atom is -0.372 e. The molecule has 0 saturated carbocycles. The Balaban J connectivity index is 1.86. The predicted octanol–water partition coefficient (Wildman–Crippen LogP) is 3.55. The van der Waals surface area contributed by atoms with E-state index in [2.05, 4.69) is 35.8 Å². The van der Waals surface area contributed by atoms with E-state index in [-0.39, 0.29) is 6.10 Å². The van der Waals surface area contributed by atoms with Gasteiger partial charge in [-0.1, -0.05) is 12.1 Å². The van der Waals surface area contributed by atoms with Crippen LogP contribution in [0.3, 0.4) is 0 Å². The number of hydrogen-bond acceptors (Lipinski definition) is 4. The van der Waals surface area contributed by atoms with Gasteiger partial charge in [0.05, 0.1) is 5.69 Å². The zero-order valence-corrected chi connectivity index (χ0v) is 12.8. The molecule has 1 aliphatic heterocycles. The van der Waals surface area contributed by atoms with Crippen LogP contribution in [0.25, 0.3) is 11.3 Å². The third-order valence-corrected chi connectivity index (χ3v) is 4.68. The van der Waals surface area contributed by atoms with Gasteiger partial charge in [0.15, 0.2) is 0 Å². The van der Waals surface area contributed by atoms with Crippen LogP contribution in [0.15, 0.2) is 23.6 Å². The van der Waals surface area contributed by atoms with Crippen LogP contribution >= 0.6 is 11.3 Å². The highest BCUT2D eigenvalue weighted by Crippen LogP contribution is 2.29. The van der Waals surface area contributed by atoms with Crippen molar-refractivity contribution in [3.05, 3.63) is 39.7 Å². The van der Waals surface area contributed by atoms with Gasteiger partial charge in [-0.15, -0.1) is 11.3 Å². The summed E-state index contributed by atoms with van der Waals surface area (Å²) in [7, 11) is 0. The van der Waals surface area contributed by atoms with Crippen molar-refractivity contribution in [3.8, 4) is 11.3 Å². The number of fused-ring (bicyclic) bond motifs is 1. The summed E-state index contributed by atoms with van der Waals surface area (Å²) in [5.41, 5.74) is 5.15. The molecule has 0 aliphatic carbocycles. The SMILES string of the molecule is CCOC(C)c1nc(-c2ccc3c(c2)CCNC3)cs1. The van der Waals surface area contributed by atoms with Crippen molar-refractivity contribution < 1.29 is 4.74 Å². The van der Waals surface area contributed by atoms with E-state index >= 15 is 0 Å². The van der Waals surface area contributed by atoms with Gasteiger partial charge < -0.3 is 10.1 Å². The summed E-state index contributed by atoms with van der Waals surface area (Å²) in [6.07, 6.45) is 1.19. The quantitative estimate of drug-likeness (QED) is 0.934. The first kappa shape index (κ1) is 13.7. The molecule has 0 amide bonds. The minimum atomic E-state index is 0.0839. The van der Waals surface area contributed by atoms with Crippen molar-refractivity contribution in [2.24, 2.45) is 0 Å². The van der Waals surface area contributed by atoms with E-state index in [9.17, 15) is 0 Å². The smallest absolute Gasteiger partial charge is 0.122 e. The molecule has 1 aromatic heterocycles. The number of thiazole rings is 1. The zero-order valence-electron chi connectivity index (χ0n) is 12.0. The second kappa shape index (κ2) is 6.04. The fourth-order valence-corrected chi connectivity index (χ4v) is 3.40. The number of hydrogen-bond donors (Lipinski definition) is 1. The van der Waals surface area contributed by atoms with Crippen molar-refractivity contribution in [1.82, 2.24) is 10.3 Å². The Morgan fingerprint density at radius 3 is 3.15 bits per heavy atom. The third kappa shape index (κ3) is 2.77. The van der Waals surface area contributed by atoms with Crippen LogP contribution < -0.4 is 5.32 Å². The molecule has 3 rings (SSSR count). The highest BCUT2D eigenvalue weighted by atomic mass is 32.1. The Labute approximate surface area is 124 Å². The number of nitrogens with zero attached hydrogens (tertiary/aromatic N) is 1. The number of nitrogens with one attached hydrogen (secondary N) is 1. The van der Waals surface area contributed by atoms with Crippen LogP contribution in [-0.2, 0) is 17.7 Å². The summed E-state index contributed by atoms with van der Waals surface area (Å²) < 4.78 is 5.61. The van der Waals surface area contributed by atoms with Gasteiger partial charge in [0.2, 0.25) is 0 Å². The Hall–Kier alpha value is -1.23. The molecule has 1 N–H and O–H groups in total. The summed E-state index contributed by atoms with van der Waals surface area (Å²) in [5, 5.41) is 6.59. The number of benzene rings is 1. The van der Waals surface area contributed by atoms with Gasteiger partial charge in [-0.05, 0) is 44.0 Å². The predicted molar refractivity (Wildman–Crippen MR) is 83.0 cm³/mol. The lowest BCUT2D eigenvalue weighted by atomic mass is 9.98. The first-order chi connectivity index (χ1) is 9.78. The fourth-order valence-electron chi connectivity index (χ4n) is 2.56. The molecule has 3 nitrogen and oxygen atoms in total. The molecule has 0 bridgehead atoms. The molecular weight excluding hydrogens is 268 g/mol. The van der Waals surface area contributed by atoms with E-state index in [1.165, 1.54) is 16.7 Å². The molecular formula is C16H20N2OS. The minimum absolute atomic E-state index is 0.0839. The molecule has 1 atom stereocenters. The van der Waals surface area contributed by atoms with Crippen LogP contribution in [-0.4, -0.2) is 18.1 Å². The second-order valence-electron chi connectivity index (χ2n) is 5.08. The van der Waals surface area contributed by atoms with Gasteiger partial charge in [-0.2, -0.15) is 0 Å². The number of rotatable bonds is 4. The van der Waals surface area contributed by atoms with Crippen LogP contribution in [0.5, 0.6) is 0 Å². The Morgan fingerprint density at radius 2 is 2.30 bits per heavy atom. The maximum atomic E-state index is 5.61. The van der Waals surface area contributed by atoms with Crippen LogP contribution in [0, 0.1) is 0 Å². The normalized spacial score (nSPS) is 15.9. The van der Waals surface area contributed by atoms with Crippen molar-refractivity contribution in [2.75, 3.05) is 13.2 Å². The van der Waals surface area contributed by atoms with Crippen molar-refractivity contribution in [2.45, 2.75) is 32.9 Å². The van der Waals surface area contributed by atoms with Gasteiger partial charge >= 0.3 is 0 Å². The Bertz CT molecular complexity index is 594. The lowest BCUT2D eigenvalue weighted by Crippen LogP contribution is -2.23. The molecule has 0 spiro atoms. The zero-order chi connectivity index (χ0) is 13.9. The van der Waals surface area contributed by atoms with E-state index in [0.29, 0.717) is 0 Å². The molecule has 4 heteroatoms. The van der Waals surface area contributed by atoms with Gasteiger partial charge in [0.25, 0.3) is 0 Å². The van der Waals surface area contributed by atoms with E-state index in [1.807, 2.05) is 6.92 Å². The maximum Gasteiger partial charge on any atom is 0.122 e. The average Bonchev–Trinajstić information content (AvgIpc) is 2.97. The molecule has 20 heavy (non-hydrogen) atoms. The van der Waals surface area contributed by atoms with Crippen LogP contribution in [0.4, 0.5) is 0 Å². The van der Waals surface area contributed by atoms with Gasteiger partial charge in [0, 0.05) is 24.1 Å². The number of ether oxygens (including phenoxy) is 1. The Morgan fingerprint density at radius 1 is 1.40 bits per heavy atom. The van der Waals surface area contributed by atoms with E-state index < -0.39 is 0 Å². The van der Waals surface area contributed by atoms with Crippen LogP contribution in [0.1, 0.15) is 36.1 Å². The summed E-state index contributed by atoms with van der Waals surface area (Å²) >= 11 is 1.68. The molecule has 0 fully saturated rings. The topological polar surface area (TPSA) is 34.1 Å². The van der Waals surface area contributed by atoms with Crippen molar-refractivity contribution >= 4 is 11.3 Å². The highest BCUT2D eigenvalue weighted by molar-refractivity contribution is 7.10. The van der Waals surface area contributed by atoms with E-state index in [1.54, 1.807) is 11.3 Å². The van der Waals surface area contributed by atoms with Gasteiger partial charge in [-0.25, -0.2) is 4.98 Å². The number of aromatic nitrogens is 1. The molecule has 0 saturated heterocycles. The molecule has 1 unspecified atom stereocenters. The summed E-state index contributed by atoms with van der Waals surface area (Å²) in [4.78, 5) is 4.73. The monoisotopic (exact) mass is 288 g/mol. The third-order valence-electron chi connectivity index (χ3n) is 3.67. The molecule has 0 radical (unpaired) electrons. The van der Waals surface area contributed by atoms with Crippen LogP contribution in [0.2, 0.25) is 0 Å². The summed E-state index contributed by atoms with van der Waals surface area (Å²) in [5.74, 6) is 0. The molecule has 2 heterocycles. The van der Waals surface area contributed by atoms with E-state index in [4.69, 9.17) is 9.72 Å². The lowest BCUT2D eigenvalue weighted by Gasteiger charge is -2.17. The van der Waals surface area contributed by atoms with Crippen molar-refractivity contribution in [1.29, 1.82) is 0 Å².